The predicted octanol–water partition coefficient (Wildman–Crippen LogP) is 3.34. The maximum Gasteiger partial charge on any atom is 0.318 e. The lowest BCUT2D eigenvalue weighted by molar-refractivity contribution is -0.137. The molecule has 4 nitrogen and oxygen atoms in total. The van der Waals surface area contributed by atoms with E-state index in [9.17, 15) is 9.00 Å². The zero-order chi connectivity index (χ0) is 16.8. The van der Waals surface area contributed by atoms with Gasteiger partial charge in [-0.2, -0.15) is 0 Å². The summed E-state index contributed by atoms with van der Waals surface area (Å²) in [7, 11) is 1.65. The van der Waals surface area contributed by atoms with Gasteiger partial charge in [-0.3, -0.25) is 9.00 Å². The number of methoxy groups -OCH3 is 2. The normalized spacial score (nSPS) is 13.2. The minimum atomic E-state index is -1.29. The Bertz CT molecular complexity index is 677. The van der Waals surface area contributed by atoms with E-state index >= 15 is 0 Å². The van der Waals surface area contributed by atoms with Crippen LogP contribution in [0.3, 0.4) is 0 Å². The summed E-state index contributed by atoms with van der Waals surface area (Å²) < 4.78 is 21.8. The first kappa shape index (κ1) is 17.2. The van der Waals surface area contributed by atoms with Gasteiger partial charge in [0.25, 0.3) is 0 Å². The van der Waals surface area contributed by atoms with Gasteiger partial charge in [-0.05, 0) is 35.7 Å². The maximum atomic E-state index is 12.1. The Kier molecular flexibility index (Phi) is 5.93. The Hall–Kier alpha value is -2.14. The number of rotatable bonds is 6. The molecule has 0 amide bonds. The van der Waals surface area contributed by atoms with Crippen LogP contribution in [0.25, 0.3) is 11.1 Å². The average molecular weight is 332 g/mol. The lowest BCUT2D eigenvalue weighted by atomic mass is 10.0. The van der Waals surface area contributed by atoms with Gasteiger partial charge >= 0.3 is 5.97 Å². The molecule has 0 aromatic heterocycles. The van der Waals surface area contributed by atoms with E-state index in [0.29, 0.717) is 0 Å². The highest BCUT2D eigenvalue weighted by molar-refractivity contribution is 7.85. The van der Waals surface area contributed by atoms with E-state index in [1.165, 1.54) is 7.11 Å². The molecule has 122 valence electrons. The van der Waals surface area contributed by atoms with E-state index in [1.807, 2.05) is 55.5 Å². The fourth-order valence-corrected chi connectivity index (χ4v) is 3.24. The smallest absolute Gasteiger partial charge is 0.318 e. The van der Waals surface area contributed by atoms with Crippen molar-refractivity contribution in [1.29, 1.82) is 0 Å². The van der Waals surface area contributed by atoms with E-state index in [-0.39, 0.29) is 11.0 Å². The van der Waals surface area contributed by atoms with Crippen molar-refractivity contribution in [2.75, 3.05) is 20.0 Å². The second-order valence-electron chi connectivity index (χ2n) is 5.09. The van der Waals surface area contributed by atoms with Crippen LogP contribution >= 0.6 is 0 Å². The fourth-order valence-electron chi connectivity index (χ4n) is 2.18. The maximum absolute atomic E-state index is 12.1. The number of ether oxygens (including phenoxy) is 2. The van der Waals surface area contributed by atoms with Crippen LogP contribution in [-0.2, 0) is 20.3 Å². The number of benzene rings is 2. The van der Waals surface area contributed by atoms with Crippen molar-refractivity contribution in [2.24, 2.45) is 0 Å². The third kappa shape index (κ3) is 4.42. The molecule has 0 spiro atoms. The molecule has 0 heterocycles. The number of esters is 1. The molecule has 0 aliphatic heterocycles. The molecule has 2 aromatic carbocycles. The number of carbonyl (C=O) groups is 1. The average Bonchev–Trinajstić information content (AvgIpc) is 2.61. The first-order chi connectivity index (χ1) is 11.0. The standard InChI is InChI=1S/C18H20O4S/c1-13(23(20)12-18(19)22-3)14-4-6-15(7-5-14)16-8-10-17(21-2)11-9-16/h4-11,13H,12H2,1-3H3. The molecular weight excluding hydrogens is 312 g/mol. The van der Waals surface area contributed by atoms with Gasteiger partial charge in [-0.25, -0.2) is 0 Å². The lowest BCUT2D eigenvalue weighted by Gasteiger charge is -2.12. The number of hydrogen-bond acceptors (Lipinski definition) is 4. The van der Waals surface area contributed by atoms with Crippen molar-refractivity contribution in [3.63, 3.8) is 0 Å². The lowest BCUT2D eigenvalue weighted by Crippen LogP contribution is -2.16. The van der Waals surface area contributed by atoms with Crippen molar-refractivity contribution in [2.45, 2.75) is 12.2 Å². The quantitative estimate of drug-likeness (QED) is 0.761. The Morgan fingerprint density at radius 1 is 1.00 bits per heavy atom. The number of carbonyl (C=O) groups excluding carboxylic acids is 1. The molecule has 2 rings (SSSR count). The first-order valence-electron chi connectivity index (χ1n) is 7.23. The van der Waals surface area contributed by atoms with E-state index in [2.05, 4.69) is 4.74 Å². The van der Waals surface area contributed by atoms with Gasteiger partial charge in [0.15, 0.2) is 0 Å². The summed E-state index contributed by atoms with van der Waals surface area (Å²) in [5.41, 5.74) is 3.09. The summed E-state index contributed by atoms with van der Waals surface area (Å²) in [5, 5.41) is -0.223. The third-order valence-corrected chi connectivity index (χ3v) is 5.27. The van der Waals surface area contributed by atoms with Crippen molar-refractivity contribution in [3.8, 4) is 16.9 Å². The molecule has 23 heavy (non-hydrogen) atoms. The van der Waals surface area contributed by atoms with Crippen molar-refractivity contribution >= 4 is 16.8 Å². The Morgan fingerprint density at radius 2 is 1.52 bits per heavy atom. The molecule has 0 bridgehead atoms. The molecule has 0 radical (unpaired) electrons. The molecule has 0 saturated carbocycles. The van der Waals surface area contributed by atoms with Gasteiger partial charge in [-0.15, -0.1) is 0 Å². The summed E-state index contributed by atoms with van der Waals surface area (Å²) in [4.78, 5) is 11.2. The van der Waals surface area contributed by atoms with Gasteiger partial charge in [0, 0.05) is 10.8 Å². The van der Waals surface area contributed by atoms with Crippen LogP contribution in [0.4, 0.5) is 0 Å². The molecule has 5 heteroatoms. The molecule has 0 N–H and O–H groups in total. The zero-order valence-electron chi connectivity index (χ0n) is 13.4. The summed E-state index contributed by atoms with van der Waals surface area (Å²) in [5.74, 6) is 0.278. The van der Waals surface area contributed by atoms with E-state index in [4.69, 9.17) is 4.74 Å². The topological polar surface area (TPSA) is 52.6 Å². The van der Waals surface area contributed by atoms with Crippen LogP contribution in [0.2, 0.25) is 0 Å². The highest BCUT2D eigenvalue weighted by atomic mass is 32.2. The van der Waals surface area contributed by atoms with Crippen molar-refractivity contribution < 1.29 is 18.5 Å². The van der Waals surface area contributed by atoms with Crippen LogP contribution in [0.5, 0.6) is 5.75 Å². The summed E-state index contributed by atoms with van der Waals surface area (Å²) in [6.45, 7) is 1.85. The molecule has 0 fully saturated rings. The monoisotopic (exact) mass is 332 g/mol. The zero-order valence-corrected chi connectivity index (χ0v) is 14.3. The van der Waals surface area contributed by atoms with E-state index in [1.54, 1.807) is 7.11 Å². The Morgan fingerprint density at radius 3 is 2.00 bits per heavy atom. The van der Waals surface area contributed by atoms with Gasteiger partial charge in [-0.1, -0.05) is 36.4 Å². The predicted molar refractivity (Wildman–Crippen MR) is 91.9 cm³/mol. The van der Waals surface area contributed by atoms with Crippen LogP contribution in [0.15, 0.2) is 48.5 Å². The molecule has 2 atom stereocenters. The molecule has 0 aliphatic rings. The van der Waals surface area contributed by atoms with Gasteiger partial charge in [0.2, 0.25) is 0 Å². The van der Waals surface area contributed by atoms with Crippen LogP contribution in [-0.4, -0.2) is 30.2 Å². The van der Waals surface area contributed by atoms with Crippen LogP contribution in [0.1, 0.15) is 17.7 Å². The van der Waals surface area contributed by atoms with Crippen LogP contribution < -0.4 is 4.74 Å². The first-order valence-corrected chi connectivity index (χ1v) is 8.61. The summed E-state index contributed by atoms with van der Waals surface area (Å²) >= 11 is 0. The minimum absolute atomic E-state index is 0.0854. The Labute approximate surface area is 138 Å². The van der Waals surface area contributed by atoms with E-state index < -0.39 is 16.8 Å². The SMILES string of the molecule is COC(=O)CS(=O)C(C)c1ccc(-c2ccc(OC)cc2)cc1. The van der Waals surface area contributed by atoms with Crippen LogP contribution in [0, 0.1) is 0 Å². The number of hydrogen-bond donors (Lipinski definition) is 0. The van der Waals surface area contributed by atoms with E-state index in [0.717, 1.165) is 22.4 Å². The van der Waals surface area contributed by atoms with Gasteiger partial charge < -0.3 is 9.47 Å². The van der Waals surface area contributed by atoms with Crippen molar-refractivity contribution in [1.82, 2.24) is 0 Å². The third-order valence-electron chi connectivity index (χ3n) is 3.69. The molecule has 2 unspecified atom stereocenters. The fraction of sp³-hybridized carbons (Fsp3) is 0.278. The highest BCUT2D eigenvalue weighted by Crippen LogP contribution is 2.26. The summed E-state index contributed by atoms with van der Waals surface area (Å²) in [6.07, 6.45) is 0. The second-order valence-corrected chi connectivity index (χ2v) is 6.85. The van der Waals surface area contributed by atoms with Gasteiger partial charge in [0.05, 0.1) is 19.5 Å². The van der Waals surface area contributed by atoms with Crippen molar-refractivity contribution in [3.05, 3.63) is 54.1 Å². The Balaban J connectivity index is 2.11. The molecule has 2 aromatic rings. The summed E-state index contributed by atoms with van der Waals surface area (Å²) in [6, 6.07) is 15.7. The van der Waals surface area contributed by atoms with Gasteiger partial charge in [0.1, 0.15) is 11.5 Å². The largest absolute Gasteiger partial charge is 0.497 e. The molecule has 0 saturated heterocycles. The highest BCUT2D eigenvalue weighted by Gasteiger charge is 2.17. The second kappa shape index (κ2) is 7.92. The minimum Gasteiger partial charge on any atom is -0.497 e. The molecular formula is C18H20O4S. The molecule has 0 aliphatic carbocycles.